The number of H-pyrrole nitrogens is 1. The molecular weight excluding hydrogens is 346 g/mol. The van der Waals surface area contributed by atoms with Gasteiger partial charge in [0.05, 0.1) is 6.54 Å². The van der Waals surface area contributed by atoms with E-state index in [2.05, 4.69) is 14.3 Å². The summed E-state index contributed by atoms with van der Waals surface area (Å²) in [4.78, 5) is 32.6. The number of anilines is 1. The van der Waals surface area contributed by atoms with Crippen molar-refractivity contribution in [3.63, 3.8) is 0 Å². The number of hydrogen-bond donors (Lipinski definition) is 2. The number of rotatable bonds is 3. The van der Waals surface area contributed by atoms with E-state index in [-0.39, 0.29) is 0 Å². The number of aryl methyl sites for hydroxylation is 2. The van der Waals surface area contributed by atoms with E-state index in [4.69, 9.17) is 4.74 Å². The molecule has 2 aromatic rings. The first-order valence-electron chi connectivity index (χ1n) is 8.11. The zero-order valence-electron chi connectivity index (χ0n) is 14.1. The third-order valence-corrected chi connectivity index (χ3v) is 5.93. The van der Waals surface area contributed by atoms with Crippen molar-refractivity contribution in [1.29, 1.82) is 0 Å². The number of aliphatic hydroxyl groups excluding tert-OH is 1. The number of nitrogens with one attached hydrogen (secondary N) is 1. The minimum absolute atomic E-state index is 0.407. The average molecular weight is 365 g/mol. The zero-order valence-corrected chi connectivity index (χ0v) is 14.9. The molecule has 4 atom stereocenters. The van der Waals surface area contributed by atoms with E-state index in [9.17, 15) is 14.7 Å². The molecule has 4 rings (SSSR count). The van der Waals surface area contributed by atoms with Gasteiger partial charge in [0.15, 0.2) is 6.23 Å². The summed E-state index contributed by atoms with van der Waals surface area (Å²) in [6, 6.07) is -0.477. The topological polar surface area (TPSA) is 113 Å². The maximum absolute atomic E-state index is 12.3. The van der Waals surface area contributed by atoms with Crippen LogP contribution in [0.4, 0.5) is 5.13 Å². The lowest BCUT2D eigenvalue weighted by Crippen LogP contribution is -2.48. The van der Waals surface area contributed by atoms with Gasteiger partial charge in [-0.15, -0.1) is 0 Å². The molecule has 10 heteroatoms. The highest BCUT2D eigenvalue weighted by Crippen LogP contribution is 2.49. The fourth-order valence-corrected chi connectivity index (χ4v) is 4.41. The Morgan fingerprint density at radius 1 is 1.48 bits per heavy atom. The lowest BCUT2D eigenvalue weighted by Gasteiger charge is -2.36. The van der Waals surface area contributed by atoms with Gasteiger partial charge in [-0.25, -0.2) is 9.78 Å². The molecule has 0 spiro atoms. The van der Waals surface area contributed by atoms with Crippen LogP contribution in [0.25, 0.3) is 0 Å². The van der Waals surface area contributed by atoms with E-state index >= 15 is 0 Å². The van der Waals surface area contributed by atoms with Crippen LogP contribution in [0, 0.1) is 13.8 Å². The second-order valence-electron chi connectivity index (χ2n) is 6.59. The van der Waals surface area contributed by atoms with Crippen LogP contribution in [0.2, 0.25) is 0 Å². The third-order valence-electron chi connectivity index (χ3n) is 5.09. The maximum atomic E-state index is 12.3. The molecule has 2 bridgehead atoms. The lowest BCUT2D eigenvalue weighted by atomic mass is 9.96. The molecule has 0 amide bonds. The molecule has 0 aromatic carbocycles. The van der Waals surface area contributed by atoms with Gasteiger partial charge in [0, 0.05) is 23.3 Å². The van der Waals surface area contributed by atoms with Crippen molar-refractivity contribution in [2.24, 2.45) is 0 Å². The van der Waals surface area contributed by atoms with Crippen molar-refractivity contribution >= 4 is 16.7 Å². The minimum atomic E-state index is -0.779. The number of hydrogen-bond acceptors (Lipinski definition) is 8. The molecule has 9 nitrogen and oxygen atoms in total. The standard InChI is InChI=1S/C15H19N5O4S/c1-4-15-6-20(14-16-8(3)18-25-14)9(10(15)21)12(24-15)19-5-7(2)11(22)17-13(19)23/h5,9-10,12,21H,4,6H2,1-3H3,(H,17,22,23)/t9-,10+,12-,15+/m1/s1. The fraction of sp³-hybridized carbons (Fsp3) is 0.600. The van der Waals surface area contributed by atoms with Crippen LogP contribution in [0.5, 0.6) is 0 Å². The predicted molar refractivity (Wildman–Crippen MR) is 91.0 cm³/mol. The van der Waals surface area contributed by atoms with E-state index < -0.39 is 35.2 Å². The Kier molecular flexibility index (Phi) is 3.60. The van der Waals surface area contributed by atoms with Crippen LogP contribution in [-0.2, 0) is 4.74 Å². The average Bonchev–Trinajstić information content (AvgIpc) is 3.21. The molecule has 2 aliphatic rings. The summed E-state index contributed by atoms with van der Waals surface area (Å²) >= 11 is 1.26. The van der Waals surface area contributed by atoms with E-state index in [1.807, 2.05) is 18.7 Å². The highest BCUT2D eigenvalue weighted by Gasteiger charge is 2.63. The third kappa shape index (κ3) is 2.28. The van der Waals surface area contributed by atoms with E-state index in [0.29, 0.717) is 29.5 Å². The Morgan fingerprint density at radius 3 is 2.84 bits per heavy atom. The monoisotopic (exact) mass is 365 g/mol. The minimum Gasteiger partial charge on any atom is -0.388 e. The Morgan fingerprint density at radius 2 is 2.24 bits per heavy atom. The number of fused-ring (bicyclic) bond motifs is 2. The number of aromatic nitrogens is 4. The zero-order chi connectivity index (χ0) is 17.9. The number of aliphatic hydroxyl groups is 1. The molecule has 2 aromatic heterocycles. The summed E-state index contributed by atoms with van der Waals surface area (Å²) in [5.41, 5.74) is -1.35. The predicted octanol–water partition coefficient (Wildman–Crippen LogP) is -0.0678. The smallest absolute Gasteiger partial charge is 0.330 e. The SMILES string of the molecule is CC[C@@]12CN(c3nc(C)ns3)[C@@H]([C@H](n3cc(C)c(=O)[nH]c3=O)O1)[C@@H]2O. The highest BCUT2D eigenvalue weighted by molar-refractivity contribution is 7.09. The van der Waals surface area contributed by atoms with Crippen LogP contribution in [0.3, 0.4) is 0 Å². The number of morpholine rings is 1. The van der Waals surface area contributed by atoms with Gasteiger partial charge in [0.1, 0.15) is 23.6 Å². The first-order chi connectivity index (χ1) is 11.9. The molecule has 4 heterocycles. The van der Waals surface area contributed by atoms with Gasteiger partial charge in [0.25, 0.3) is 5.56 Å². The summed E-state index contributed by atoms with van der Waals surface area (Å²) in [5, 5.41) is 11.6. The van der Waals surface area contributed by atoms with Gasteiger partial charge < -0.3 is 14.7 Å². The van der Waals surface area contributed by atoms with Gasteiger partial charge in [-0.1, -0.05) is 6.92 Å². The van der Waals surface area contributed by atoms with Gasteiger partial charge >= 0.3 is 5.69 Å². The molecule has 0 aliphatic carbocycles. The number of nitrogens with zero attached hydrogens (tertiary/aromatic N) is 4. The van der Waals surface area contributed by atoms with Crippen LogP contribution in [-0.4, -0.2) is 48.3 Å². The van der Waals surface area contributed by atoms with Crippen molar-refractivity contribution in [2.45, 2.75) is 51.2 Å². The summed E-state index contributed by atoms with van der Waals surface area (Å²) < 4.78 is 11.7. The lowest BCUT2D eigenvalue weighted by molar-refractivity contribution is -0.106. The van der Waals surface area contributed by atoms with E-state index in [0.717, 1.165) is 0 Å². The van der Waals surface area contributed by atoms with E-state index in [1.54, 1.807) is 6.92 Å². The van der Waals surface area contributed by atoms with Crippen molar-refractivity contribution in [3.8, 4) is 0 Å². The first-order valence-corrected chi connectivity index (χ1v) is 8.88. The van der Waals surface area contributed by atoms with Crippen molar-refractivity contribution in [2.75, 3.05) is 11.4 Å². The summed E-state index contributed by atoms with van der Waals surface area (Å²) in [6.45, 7) is 5.86. The van der Waals surface area contributed by atoms with E-state index in [1.165, 1.54) is 22.3 Å². The van der Waals surface area contributed by atoms with Crippen molar-refractivity contribution < 1.29 is 9.84 Å². The number of aromatic amines is 1. The summed E-state index contributed by atoms with van der Waals surface area (Å²) in [7, 11) is 0. The Hall–Kier alpha value is -2.04. The van der Waals surface area contributed by atoms with Crippen molar-refractivity contribution in [3.05, 3.63) is 38.4 Å². The second-order valence-corrected chi connectivity index (χ2v) is 7.32. The molecule has 0 unspecified atom stereocenters. The molecule has 25 heavy (non-hydrogen) atoms. The van der Waals surface area contributed by atoms with Crippen molar-refractivity contribution in [1.82, 2.24) is 18.9 Å². The quantitative estimate of drug-likeness (QED) is 0.783. The molecule has 2 saturated heterocycles. The largest absolute Gasteiger partial charge is 0.388 e. The molecule has 2 aliphatic heterocycles. The molecule has 0 saturated carbocycles. The Bertz CT molecular complexity index is 936. The highest BCUT2D eigenvalue weighted by atomic mass is 32.1. The van der Waals surface area contributed by atoms with Gasteiger partial charge in [-0.05, 0) is 20.3 Å². The normalized spacial score (nSPS) is 31.0. The van der Waals surface area contributed by atoms with Gasteiger partial charge in [-0.3, -0.25) is 14.3 Å². The molecule has 2 fully saturated rings. The molecular formula is C15H19N5O4S. The number of ether oxygens (including phenoxy) is 1. The summed E-state index contributed by atoms with van der Waals surface area (Å²) in [6.07, 6.45) is 0.584. The Labute approximate surface area is 147 Å². The van der Waals surface area contributed by atoms with Crippen LogP contribution >= 0.6 is 11.5 Å². The first kappa shape index (κ1) is 16.4. The fourth-order valence-electron chi connectivity index (χ4n) is 3.69. The van der Waals surface area contributed by atoms with Crippen LogP contribution in [0.15, 0.2) is 15.8 Å². The maximum Gasteiger partial charge on any atom is 0.330 e. The Balaban J connectivity index is 1.81. The summed E-state index contributed by atoms with van der Waals surface area (Å²) in [5.74, 6) is 0.664. The molecule has 0 radical (unpaired) electrons. The van der Waals surface area contributed by atoms with Crippen LogP contribution < -0.4 is 16.1 Å². The van der Waals surface area contributed by atoms with Gasteiger partial charge in [0.2, 0.25) is 5.13 Å². The molecule has 2 N–H and O–H groups in total. The van der Waals surface area contributed by atoms with Crippen LogP contribution in [0.1, 0.15) is 31.0 Å². The second kappa shape index (κ2) is 5.48. The van der Waals surface area contributed by atoms with Gasteiger partial charge in [-0.2, -0.15) is 4.37 Å². The molecule has 134 valence electrons.